The summed E-state index contributed by atoms with van der Waals surface area (Å²) in [6.45, 7) is 1.48. The Morgan fingerprint density at radius 1 is 1.30 bits per heavy atom. The Morgan fingerprint density at radius 2 is 2.05 bits per heavy atom. The highest BCUT2D eigenvalue weighted by atomic mass is 32.2. The Balaban J connectivity index is 2.35. The van der Waals surface area contributed by atoms with Gasteiger partial charge in [0.2, 0.25) is 5.09 Å². The molecule has 0 spiro atoms. The summed E-state index contributed by atoms with van der Waals surface area (Å²) >= 11 is 0. The Bertz CT molecular complexity index is 705. The maximum atomic E-state index is 12.2. The van der Waals surface area contributed by atoms with E-state index >= 15 is 0 Å². The van der Waals surface area contributed by atoms with E-state index in [4.69, 9.17) is 14.3 Å². The molecule has 7 heteroatoms. The van der Waals surface area contributed by atoms with E-state index in [-0.39, 0.29) is 17.5 Å². The van der Waals surface area contributed by atoms with Crippen LogP contribution in [0.4, 0.5) is 5.69 Å². The van der Waals surface area contributed by atoms with Crippen molar-refractivity contribution in [3.05, 3.63) is 41.7 Å². The summed E-state index contributed by atoms with van der Waals surface area (Å²) < 4.78 is 36.9. The van der Waals surface area contributed by atoms with Gasteiger partial charge in [0.15, 0.2) is 0 Å². The monoisotopic (exact) mass is 297 g/mol. The number of furan rings is 1. The molecule has 0 radical (unpaired) electrons. The van der Waals surface area contributed by atoms with Crippen molar-refractivity contribution in [1.29, 1.82) is 0 Å². The summed E-state index contributed by atoms with van der Waals surface area (Å²) in [5.74, 6) is 0.592. The largest absolute Gasteiger partial charge is 0.495 e. The summed E-state index contributed by atoms with van der Waals surface area (Å²) in [6, 6.07) is 7.84. The van der Waals surface area contributed by atoms with Gasteiger partial charge in [0.1, 0.15) is 18.1 Å². The molecule has 2 N–H and O–H groups in total. The molecule has 0 atom stereocenters. The van der Waals surface area contributed by atoms with Gasteiger partial charge in [0, 0.05) is 0 Å². The van der Waals surface area contributed by atoms with Crippen LogP contribution in [0.5, 0.6) is 5.75 Å². The molecule has 0 amide bonds. The van der Waals surface area contributed by atoms with Crippen molar-refractivity contribution in [3.8, 4) is 5.75 Å². The number of ether oxygens (including phenoxy) is 1. The number of hydrogen-bond acceptors (Lipinski definition) is 5. The fourth-order valence-corrected chi connectivity index (χ4v) is 2.70. The van der Waals surface area contributed by atoms with Crippen LogP contribution in [0.25, 0.3) is 0 Å². The number of sulfonamides is 1. The Morgan fingerprint density at radius 3 is 2.65 bits per heavy atom. The molecule has 0 aliphatic rings. The van der Waals surface area contributed by atoms with Crippen molar-refractivity contribution in [2.45, 2.75) is 18.6 Å². The SMILES string of the molecule is COc1ccc(C)cc1NS(=O)(=O)c1ccc(CO)o1. The van der Waals surface area contributed by atoms with Gasteiger partial charge < -0.3 is 14.3 Å². The number of hydrogen-bond donors (Lipinski definition) is 2. The molecule has 1 aromatic carbocycles. The van der Waals surface area contributed by atoms with E-state index in [0.717, 1.165) is 5.56 Å². The summed E-state index contributed by atoms with van der Waals surface area (Å²) in [7, 11) is -2.40. The van der Waals surface area contributed by atoms with Crippen LogP contribution in [0, 0.1) is 6.92 Å². The zero-order valence-electron chi connectivity index (χ0n) is 11.1. The molecular weight excluding hydrogens is 282 g/mol. The Hall–Kier alpha value is -1.99. The van der Waals surface area contributed by atoms with E-state index in [1.54, 1.807) is 12.1 Å². The van der Waals surface area contributed by atoms with Gasteiger partial charge in [-0.15, -0.1) is 0 Å². The van der Waals surface area contributed by atoms with Crippen LogP contribution in [0.15, 0.2) is 39.8 Å². The Kier molecular flexibility index (Phi) is 4.01. The number of nitrogens with one attached hydrogen (secondary N) is 1. The summed E-state index contributed by atoms with van der Waals surface area (Å²) in [4.78, 5) is 0. The van der Waals surface area contributed by atoms with Gasteiger partial charge in [0.05, 0.1) is 12.8 Å². The molecule has 0 aliphatic heterocycles. The van der Waals surface area contributed by atoms with E-state index in [1.807, 2.05) is 13.0 Å². The molecule has 0 fully saturated rings. The normalized spacial score (nSPS) is 11.3. The van der Waals surface area contributed by atoms with Gasteiger partial charge in [0.25, 0.3) is 10.0 Å². The van der Waals surface area contributed by atoms with Crippen molar-refractivity contribution < 1.29 is 22.7 Å². The standard InChI is InChI=1S/C13H15NO5S/c1-9-3-5-12(18-2)11(7-9)14-20(16,17)13-6-4-10(8-15)19-13/h3-7,14-15H,8H2,1-2H3. The van der Waals surface area contributed by atoms with Gasteiger partial charge in [-0.1, -0.05) is 6.07 Å². The van der Waals surface area contributed by atoms with Crippen LogP contribution < -0.4 is 9.46 Å². The number of rotatable bonds is 5. The lowest BCUT2D eigenvalue weighted by atomic mass is 10.2. The molecule has 1 aromatic heterocycles. The minimum Gasteiger partial charge on any atom is -0.495 e. The van der Waals surface area contributed by atoms with Crippen molar-refractivity contribution in [1.82, 2.24) is 0 Å². The summed E-state index contributed by atoms with van der Waals surface area (Å²) in [5, 5.41) is 8.64. The van der Waals surface area contributed by atoms with Crippen molar-refractivity contribution in [2.75, 3.05) is 11.8 Å². The topological polar surface area (TPSA) is 88.8 Å². The molecule has 0 bridgehead atoms. The summed E-state index contributed by atoms with van der Waals surface area (Å²) in [5.41, 5.74) is 1.22. The minimum atomic E-state index is -3.86. The highest BCUT2D eigenvalue weighted by Gasteiger charge is 2.20. The van der Waals surface area contributed by atoms with Crippen molar-refractivity contribution in [3.63, 3.8) is 0 Å². The number of aryl methyl sites for hydroxylation is 1. The molecule has 2 rings (SSSR count). The highest BCUT2D eigenvalue weighted by molar-refractivity contribution is 7.92. The number of methoxy groups -OCH3 is 1. The Labute approximate surface area is 117 Å². The highest BCUT2D eigenvalue weighted by Crippen LogP contribution is 2.28. The molecular formula is C13H15NO5S. The third kappa shape index (κ3) is 2.94. The molecule has 0 saturated carbocycles. The smallest absolute Gasteiger partial charge is 0.295 e. The van der Waals surface area contributed by atoms with Crippen molar-refractivity contribution >= 4 is 15.7 Å². The third-order valence-electron chi connectivity index (χ3n) is 2.66. The minimum absolute atomic E-state index is 0.182. The number of aliphatic hydroxyl groups excluding tert-OH is 1. The first-order valence-corrected chi connectivity index (χ1v) is 7.31. The number of anilines is 1. The fourth-order valence-electron chi connectivity index (χ4n) is 1.68. The van der Waals surface area contributed by atoms with Crippen LogP contribution in [-0.2, 0) is 16.6 Å². The predicted octanol–water partition coefficient (Wildman–Crippen LogP) is 1.89. The first-order valence-electron chi connectivity index (χ1n) is 5.83. The zero-order valence-corrected chi connectivity index (χ0v) is 11.9. The number of benzene rings is 1. The molecule has 108 valence electrons. The van der Waals surface area contributed by atoms with E-state index in [0.29, 0.717) is 11.4 Å². The third-order valence-corrected chi connectivity index (χ3v) is 3.89. The lowest BCUT2D eigenvalue weighted by Gasteiger charge is -2.11. The maximum absolute atomic E-state index is 12.2. The lowest BCUT2D eigenvalue weighted by molar-refractivity contribution is 0.236. The van der Waals surface area contributed by atoms with Gasteiger partial charge >= 0.3 is 0 Å². The molecule has 0 unspecified atom stereocenters. The summed E-state index contributed by atoms with van der Waals surface area (Å²) in [6.07, 6.45) is 0. The van der Waals surface area contributed by atoms with Gasteiger partial charge in [-0.2, -0.15) is 8.42 Å². The van der Waals surface area contributed by atoms with E-state index in [1.165, 1.54) is 19.2 Å². The maximum Gasteiger partial charge on any atom is 0.295 e. The number of aliphatic hydroxyl groups is 1. The average Bonchev–Trinajstić information content (AvgIpc) is 2.88. The average molecular weight is 297 g/mol. The second kappa shape index (κ2) is 5.56. The predicted molar refractivity (Wildman–Crippen MR) is 73.2 cm³/mol. The van der Waals surface area contributed by atoms with Crippen LogP contribution in [-0.4, -0.2) is 20.6 Å². The molecule has 2 aromatic rings. The zero-order chi connectivity index (χ0) is 14.8. The van der Waals surface area contributed by atoms with E-state index < -0.39 is 10.0 Å². The van der Waals surface area contributed by atoms with Gasteiger partial charge in [-0.05, 0) is 36.8 Å². The lowest BCUT2D eigenvalue weighted by Crippen LogP contribution is -2.13. The first-order chi connectivity index (χ1) is 9.46. The second-order valence-electron chi connectivity index (χ2n) is 4.19. The van der Waals surface area contributed by atoms with E-state index in [2.05, 4.69) is 4.72 Å². The quantitative estimate of drug-likeness (QED) is 0.879. The second-order valence-corrected chi connectivity index (χ2v) is 5.80. The van der Waals surface area contributed by atoms with Crippen molar-refractivity contribution in [2.24, 2.45) is 0 Å². The van der Waals surface area contributed by atoms with E-state index in [9.17, 15) is 8.42 Å². The molecule has 6 nitrogen and oxygen atoms in total. The molecule has 20 heavy (non-hydrogen) atoms. The molecule has 0 saturated heterocycles. The van der Waals surface area contributed by atoms with Crippen LogP contribution in [0.3, 0.4) is 0 Å². The van der Waals surface area contributed by atoms with Crippen LogP contribution >= 0.6 is 0 Å². The van der Waals surface area contributed by atoms with Crippen LogP contribution in [0.2, 0.25) is 0 Å². The van der Waals surface area contributed by atoms with Gasteiger partial charge in [-0.3, -0.25) is 4.72 Å². The molecule has 1 heterocycles. The first kappa shape index (κ1) is 14.4. The van der Waals surface area contributed by atoms with Gasteiger partial charge in [-0.25, -0.2) is 0 Å². The fraction of sp³-hybridized carbons (Fsp3) is 0.231. The van der Waals surface area contributed by atoms with Crippen LogP contribution in [0.1, 0.15) is 11.3 Å². The molecule has 0 aliphatic carbocycles.